The lowest BCUT2D eigenvalue weighted by atomic mass is 10.1. The number of benzene rings is 1. The van der Waals surface area contributed by atoms with Gasteiger partial charge in [0.2, 0.25) is 0 Å². The highest BCUT2D eigenvalue weighted by Gasteiger charge is 2.14. The molecule has 2 aromatic rings. The molecule has 1 N–H and O–H groups in total. The van der Waals surface area contributed by atoms with Crippen LogP contribution >= 0.6 is 0 Å². The first-order valence-electron chi connectivity index (χ1n) is 5.15. The van der Waals surface area contributed by atoms with E-state index in [1.54, 1.807) is 19.1 Å². The summed E-state index contributed by atoms with van der Waals surface area (Å²) in [6.07, 6.45) is 1.10. The smallest absolute Gasteiger partial charge is 0.258 e. The van der Waals surface area contributed by atoms with Gasteiger partial charge in [0, 0.05) is 11.8 Å². The van der Waals surface area contributed by atoms with Crippen molar-refractivity contribution in [3.8, 4) is 17.2 Å². The summed E-state index contributed by atoms with van der Waals surface area (Å²) in [4.78, 5) is 3.97. The number of hydrogen-bond donors (Lipinski definition) is 1. The fourth-order valence-corrected chi connectivity index (χ4v) is 1.99. The molecule has 0 radical (unpaired) electrons. The molecule has 0 spiro atoms. The third-order valence-electron chi connectivity index (χ3n) is 2.32. The molecule has 0 aliphatic carbocycles. The number of hydrogen-bond acceptors (Lipinski definition) is 6. The Morgan fingerprint density at radius 3 is 2.72 bits per heavy atom. The Hall–Kier alpha value is -1.89. The van der Waals surface area contributed by atoms with Crippen LogP contribution in [0.4, 0.5) is 0 Å². The Kier molecular flexibility index (Phi) is 3.08. The second-order valence-electron chi connectivity index (χ2n) is 4.09. The summed E-state index contributed by atoms with van der Waals surface area (Å²) in [6.45, 7) is 1.77. The van der Waals surface area contributed by atoms with E-state index in [4.69, 9.17) is 4.52 Å². The maximum Gasteiger partial charge on any atom is 0.258 e. The summed E-state index contributed by atoms with van der Waals surface area (Å²) in [5, 5.41) is 13.2. The van der Waals surface area contributed by atoms with Crippen molar-refractivity contribution in [1.82, 2.24) is 10.1 Å². The molecular weight excluding hydrogens is 256 g/mol. The summed E-state index contributed by atoms with van der Waals surface area (Å²) in [5.74, 6) is 0.140. The van der Waals surface area contributed by atoms with E-state index in [9.17, 15) is 13.5 Å². The first-order valence-corrected chi connectivity index (χ1v) is 7.21. The molecule has 0 bridgehead atoms. The minimum atomic E-state index is -3.20. The molecule has 7 heteroatoms. The molecule has 0 amide bonds. The number of phenolic OH excluding ortho intramolecular Hbond substituents is 1. The summed E-state index contributed by atoms with van der Waals surface area (Å²) in [5.41, 5.74) is 1.28. The number of aromatic hydroxyl groups is 1. The molecule has 0 unspecified atom stereocenters. The van der Waals surface area contributed by atoms with Gasteiger partial charge in [-0.1, -0.05) is 11.2 Å². The van der Waals surface area contributed by atoms with Crippen LogP contribution < -0.4 is 0 Å². The van der Waals surface area contributed by atoms with E-state index in [2.05, 4.69) is 10.1 Å². The summed E-state index contributed by atoms with van der Waals surface area (Å²) < 4.78 is 27.1. The van der Waals surface area contributed by atoms with Crippen LogP contribution in [0.2, 0.25) is 0 Å². The average Bonchev–Trinajstić information content (AvgIpc) is 2.68. The molecule has 0 saturated carbocycles. The Morgan fingerprint density at radius 1 is 1.39 bits per heavy atom. The van der Waals surface area contributed by atoms with Crippen molar-refractivity contribution in [2.24, 2.45) is 0 Å². The quantitative estimate of drug-likeness (QED) is 0.901. The van der Waals surface area contributed by atoms with Crippen molar-refractivity contribution in [1.29, 1.82) is 0 Å². The highest BCUT2D eigenvalue weighted by atomic mass is 32.2. The molecule has 0 fully saturated rings. The monoisotopic (exact) mass is 268 g/mol. The van der Waals surface area contributed by atoms with Gasteiger partial charge in [-0.05, 0) is 24.6 Å². The second kappa shape index (κ2) is 4.41. The molecular formula is C11H12N2O4S. The minimum Gasteiger partial charge on any atom is -0.508 e. The van der Waals surface area contributed by atoms with Crippen LogP contribution in [-0.4, -0.2) is 29.9 Å². The van der Waals surface area contributed by atoms with Gasteiger partial charge in [-0.15, -0.1) is 0 Å². The lowest BCUT2D eigenvalue weighted by molar-refractivity contribution is 0.423. The fraction of sp³-hybridized carbons (Fsp3) is 0.273. The molecule has 0 saturated heterocycles. The van der Waals surface area contributed by atoms with Gasteiger partial charge in [0.1, 0.15) is 11.5 Å². The first-order chi connectivity index (χ1) is 8.35. The lowest BCUT2D eigenvalue weighted by Crippen LogP contribution is -2.02. The predicted octanol–water partition coefficient (Wildman–Crippen LogP) is 1.30. The van der Waals surface area contributed by atoms with Gasteiger partial charge in [-0.3, -0.25) is 0 Å². The normalized spacial score (nSPS) is 11.7. The molecule has 6 nitrogen and oxygen atoms in total. The Labute approximate surface area is 104 Å². The van der Waals surface area contributed by atoms with Crippen molar-refractivity contribution in [2.45, 2.75) is 12.7 Å². The molecule has 0 aliphatic heterocycles. The number of rotatable bonds is 3. The van der Waals surface area contributed by atoms with E-state index in [1.165, 1.54) is 6.07 Å². The van der Waals surface area contributed by atoms with Crippen LogP contribution in [-0.2, 0) is 15.6 Å². The number of aryl methyl sites for hydroxylation is 1. The van der Waals surface area contributed by atoms with Gasteiger partial charge in [0.15, 0.2) is 15.7 Å². The SMILES string of the molecule is Cc1ccc(-c2nc(CS(C)(=O)=O)no2)cc1O. The van der Waals surface area contributed by atoms with Gasteiger partial charge < -0.3 is 9.63 Å². The molecule has 96 valence electrons. The van der Waals surface area contributed by atoms with Crippen LogP contribution in [0.1, 0.15) is 11.4 Å². The maximum absolute atomic E-state index is 11.1. The maximum atomic E-state index is 11.1. The zero-order valence-corrected chi connectivity index (χ0v) is 10.7. The summed E-state index contributed by atoms with van der Waals surface area (Å²) in [7, 11) is -3.20. The van der Waals surface area contributed by atoms with E-state index in [0.717, 1.165) is 11.8 Å². The van der Waals surface area contributed by atoms with Gasteiger partial charge >= 0.3 is 0 Å². The zero-order valence-electron chi connectivity index (χ0n) is 9.91. The van der Waals surface area contributed by atoms with Gasteiger partial charge in [-0.2, -0.15) is 4.98 Å². The molecule has 1 aromatic carbocycles. The summed E-state index contributed by atoms with van der Waals surface area (Å²) in [6, 6.07) is 4.92. The van der Waals surface area contributed by atoms with Crippen LogP contribution in [0.3, 0.4) is 0 Å². The number of aromatic nitrogens is 2. The fourth-order valence-electron chi connectivity index (χ4n) is 1.41. The van der Waals surface area contributed by atoms with Gasteiger partial charge in [0.25, 0.3) is 5.89 Å². The molecule has 0 atom stereocenters. The number of nitrogens with zero attached hydrogens (tertiary/aromatic N) is 2. The average molecular weight is 268 g/mol. The molecule has 18 heavy (non-hydrogen) atoms. The second-order valence-corrected chi connectivity index (χ2v) is 6.23. The van der Waals surface area contributed by atoms with Crippen molar-refractivity contribution >= 4 is 9.84 Å². The highest BCUT2D eigenvalue weighted by Crippen LogP contribution is 2.24. The standard InChI is InChI=1S/C11H12N2O4S/c1-7-3-4-8(5-9(7)14)11-12-10(13-17-11)6-18(2,15)16/h3-5,14H,6H2,1-2H3. The molecule has 1 aromatic heterocycles. The van der Waals surface area contributed by atoms with Crippen LogP contribution in [0.25, 0.3) is 11.5 Å². The van der Waals surface area contributed by atoms with Crippen LogP contribution in [0, 0.1) is 6.92 Å². The van der Waals surface area contributed by atoms with E-state index >= 15 is 0 Å². The highest BCUT2D eigenvalue weighted by molar-refractivity contribution is 7.89. The van der Waals surface area contributed by atoms with E-state index in [-0.39, 0.29) is 23.2 Å². The molecule has 1 heterocycles. The molecule has 2 rings (SSSR count). The van der Waals surface area contributed by atoms with Crippen molar-refractivity contribution in [2.75, 3.05) is 6.26 Å². The van der Waals surface area contributed by atoms with Gasteiger partial charge in [-0.25, -0.2) is 8.42 Å². The number of sulfone groups is 1. The number of phenols is 1. The third kappa shape index (κ3) is 2.86. The Bertz CT molecular complexity index is 676. The Morgan fingerprint density at radius 2 is 2.11 bits per heavy atom. The predicted molar refractivity (Wildman–Crippen MR) is 64.7 cm³/mol. The van der Waals surface area contributed by atoms with Gasteiger partial charge in [0.05, 0.1) is 0 Å². The first kappa shape index (κ1) is 12.6. The lowest BCUT2D eigenvalue weighted by Gasteiger charge is -1.99. The van der Waals surface area contributed by atoms with E-state index in [0.29, 0.717) is 5.56 Å². The van der Waals surface area contributed by atoms with Crippen LogP contribution in [0.5, 0.6) is 5.75 Å². The van der Waals surface area contributed by atoms with Crippen molar-refractivity contribution in [3.63, 3.8) is 0 Å². The zero-order chi connectivity index (χ0) is 13.3. The van der Waals surface area contributed by atoms with Crippen molar-refractivity contribution < 1.29 is 18.0 Å². The van der Waals surface area contributed by atoms with E-state index < -0.39 is 9.84 Å². The van der Waals surface area contributed by atoms with E-state index in [1.807, 2.05) is 0 Å². The van der Waals surface area contributed by atoms with Crippen molar-refractivity contribution in [3.05, 3.63) is 29.6 Å². The minimum absolute atomic E-state index is 0.104. The summed E-state index contributed by atoms with van der Waals surface area (Å²) >= 11 is 0. The van der Waals surface area contributed by atoms with Crippen LogP contribution in [0.15, 0.2) is 22.7 Å². The topological polar surface area (TPSA) is 93.3 Å². The molecule has 0 aliphatic rings. The Balaban J connectivity index is 2.32. The third-order valence-corrected chi connectivity index (χ3v) is 3.10. The largest absolute Gasteiger partial charge is 0.508 e.